The highest BCUT2D eigenvalue weighted by Crippen LogP contribution is 2.26. The molecule has 6 nitrogen and oxygen atoms in total. The van der Waals surface area contributed by atoms with Crippen LogP contribution in [0.3, 0.4) is 0 Å². The summed E-state index contributed by atoms with van der Waals surface area (Å²) in [7, 11) is 0. The summed E-state index contributed by atoms with van der Waals surface area (Å²) in [5, 5.41) is 3.07. The zero-order valence-corrected chi connectivity index (χ0v) is 18.7. The van der Waals surface area contributed by atoms with Gasteiger partial charge in [-0.25, -0.2) is 4.98 Å². The van der Waals surface area contributed by atoms with E-state index in [0.717, 1.165) is 36.3 Å². The minimum absolute atomic E-state index is 0. The largest absolute Gasteiger partial charge is 0.377 e. The molecule has 0 aliphatic heterocycles. The maximum absolute atomic E-state index is 12.6. The molecule has 0 unspecified atom stereocenters. The van der Waals surface area contributed by atoms with Crippen LogP contribution in [0.1, 0.15) is 44.0 Å². The van der Waals surface area contributed by atoms with Crippen molar-refractivity contribution in [3.8, 4) is 5.69 Å². The van der Waals surface area contributed by atoms with E-state index < -0.39 is 0 Å². The van der Waals surface area contributed by atoms with Crippen LogP contribution in [0, 0.1) is 12.8 Å². The number of carbonyl (C=O) groups excluding carboxylic acids is 1. The summed E-state index contributed by atoms with van der Waals surface area (Å²) in [6.45, 7) is 5.29. The summed E-state index contributed by atoms with van der Waals surface area (Å²) in [6.07, 6.45) is 7.07. The topological polar surface area (TPSA) is 82.2 Å². The Hall–Kier alpha value is -1.60. The van der Waals surface area contributed by atoms with Crippen LogP contribution in [-0.4, -0.2) is 34.2 Å². The van der Waals surface area contributed by atoms with Crippen molar-refractivity contribution in [1.82, 2.24) is 14.9 Å². The maximum atomic E-state index is 12.6. The van der Waals surface area contributed by atoms with Crippen molar-refractivity contribution in [2.75, 3.05) is 6.61 Å². The average Bonchev–Trinajstić information content (AvgIpc) is 3.11. The van der Waals surface area contributed by atoms with E-state index in [-0.39, 0.29) is 48.8 Å². The van der Waals surface area contributed by atoms with Crippen LogP contribution in [0.2, 0.25) is 0 Å². The second-order valence-corrected chi connectivity index (χ2v) is 7.31. The van der Waals surface area contributed by atoms with Gasteiger partial charge in [-0.3, -0.25) is 4.79 Å². The Kier molecular flexibility index (Phi) is 10.7. The highest BCUT2D eigenvalue weighted by Gasteiger charge is 2.32. The van der Waals surface area contributed by atoms with Crippen LogP contribution in [0.4, 0.5) is 0 Å². The van der Waals surface area contributed by atoms with Gasteiger partial charge in [0.2, 0.25) is 5.91 Å². The van der Waals surface area contributed by atoms with Crippen molar-refractivity contribution in [3.05, 3.63) is 48.0 Å². The van der Waals surface area contributed by atoms with Gasteiger partial charge in [0.15, 0.2) is 0 Å². The monoisotopic (exact) mass is 442 g/mol. The van der Waals surface area contributed by atoms with Gasteiger partial charge in [0.05, 0.1) is 6.10 Å². The minimum atomic E-state index is -0.0143. The van der Waals surface area contributed by atoms with Crippen molar-refractivity contribution in [2.24, 2.45) is 11.7 Å². The van der Waals surface area contributed by atoms with Gasteiger partial charge in [0, 0.05) is 43.2 Å². The van der Waals surface area contributed by atoms with Crippen molar-refractivity contribution < 1.29 is 9.53 Å². The number of hydrogen-bond donors (Lipinski definition) is 2. The standard InChI is InChI=1S/C21H30N4O2.2ClH/c1-3-12-27-20-13-17(6-9-19(20)22)21(26)24-14-16-4-7-18(8-5-16)25-11-10-23-15(25)2;;/h4-5,7-8,10-11,17,19-20H,3,6,9,12-14,22H2,1-2H3,(H,24,26);2*1H/t17-,19+,20+;;/m0../s1. The summed E-state index contributed by atoms with van der Waals surface area (Å²) in [4.78, 5) is 16.8. The molecule has 162 valence electrons. The van der Waals surface area contributed by atoms with Crippen LogP contribution in [0.5, 0.6) is 0 Å². The van der Waals surface area contributed by atoms with E-state index in [1.54, 1.807) is 6.20 Å². The third-order valence-electron chi connectivity index (χ3n) is 5.26. The Balaban J connectivity index is 0.00000210. The van der Waals surface area contributed by atoms with E-state index in [1.165, 1.54) is 0 Å². The molecule has 1 fully saturated rings. The van der Waals surface area contributed by atoms with Gasteiger partial charge in [-0.1, -0.05) is 19.1 Å². The van der Waals surface area contributed by atoms with Gasteiger partial charge < -0.3 is 20.4 Å². The number of nitrogens with zero attached hydrogens (tertiary/aromatic N) is 2. The van der Waals surface area contributed by atoms with E-state index in [2.05, 4.69) is 17.2 Å². The summed E-state index contributed by atoms with van der Waals surface area (Å²) >= 11 is 0. The summed E-state index contributed by atoms with van der Waals surface area (Å²) in [5.74, 6) is 1.03. The number of aromatic nitrogens is 2. The molecule has 3 atom stereocenters. The molecule has 1 amide bonds. The van der Waals surface area contributed by atoms with Gasteiger partial charge in [0.1, 0.15) is 5.82 Å². The predicted molar refractivity (Wildman–Crippen MR) is 120 cm³/mol. The van der Waals surface area contributed by atoms with E-state index in [4.69, 9.17) is 10.5 Å². The van der Waals surface area contributed by atoms with E-state index in [9.17, 15) is 4.79 Å². The first-order valence-corrected chi connectivity index (χ1v) is 9.82. The number of aryl methyl sites for hydroxylation is 1. The number of halogens is 2. The lowest BCUT2D eigenvalue weighted by molar-refractivity contribution is -0.128. The van der Waals surface area contributed by atoms with Gasteiger partial charge in [-0.05, 0) is 50.3 Å². The number of benzene rings is 1. The molecule has 2 aromatic rings. The Morgan fingerprint density at radius 2 is 2.00 bits per heavy atom. The molecule has 8 heteroatoms. The Morgan fingerprint density at radius 1 is 1.28 bits per heavy atom. The predicted octanol–water partition coefficient (Wildman–Crippen LogP) is 3.56. The van der Waals surface area contributed by atoms with Crippen molar-refractivity contribution >= 4 is 30.7 Å². The molecule has 0 bridgehead atoms. The molecule has 0 radical (unpaired) electrons. The number of hydrogen-bond acceptors (Lipinski definition) is 4. The van der Waals surface area contributed by atoms with Crippen molar-refractivity contribution in [1.29, 1.82) is 0 Å². The molecule has 1 aromatic carbocycles. The number of amides is 1. The fourth-order valence-electron chi connectivity index (χ4n) is 3.61. The van der Waals surface area contributed by atoms with Crippen LogP contribution in [-0.2, 0) is 16.1 Å². The lowest BCUT2D eigenvalue weighted by Gasteiger charge is -2.33. The second kappa shape index (κ2) is 12.2. The van der Waals surface area contributed by atoms with E-state index in [1.807, 2.05) is 42.0 Å². The van der Waals surface area contributed by atoms with Gasteiger partial charge in [0.25, 0.3) is 0 Å². The Morgan fingerprint density at radius 3 is 2.62 bits per heavy atom. The fraction of sp³-hybridized carbons (Fsp3) is 0.524. The summed E-state index contributed by atoms with van der Waals surface area (Å²) in [6, 6.07) is 8.21. The Labute approximate surface area is 185 Å². The third-order valence-corrected chi connectivity index (χ3v) is 5.26. The molecule has 1 heterocycles. The van der Waals surface area contributed by atoms with Crippen molar-refractivity contribution in [2.45, 2.75) is 58.2 Å². The maximum Gasteiger partial charge on any atom is 0.223 e. The van der Waals surface area contributed by atoms with E-state index in [0.29, 0.717) is 19.6 Å². The normalized spacial score (nSPS) is 21.0. The number of carbonyl (C=O) groups is 1. The molecular weight excluding hydrogens is 411 g/mol. The second-order valence-electron chi connectivity index (χ2n) is 7.31. The molecule has 29 heavy (non-hydrogen) atoms. The molecule has 1 aliphatic carbocycles. The summed E-state index contributed by atoms with van der Waals surface area (Å²) < 4.78 is 7.87. The molecule has 1 aliphatic rings. The number of nitrogens with one attached hydrogen (secondary N) is 1. The molecule has 3 N–H and O–H groups in total. The molecular formula is C21H32Cl2N4O2. The molecule has 0 spiro atoms. The zero-order chi connectivity index (χ0) is 19.2. The molecule has 3 rings (SSSR count). The van der Waals surface area contributed by atoms with Crippen LogP contribution < -0.4 is 11.1 Å². The number of ether oxygens (including phenoxy) is 1. The van der Waals surface area contributed by atoms with Gasteiger partial charge in [-0.2, -0.15) is 0 Å². The van der Waals surface area contributed by atoms with Gasteiger partial charge in [-0.15, -0.1) is 24.8 Å². The average molecular weight is 443 g/mol. The summed E-state index contributed by atoms with van der Waals surface area (Å²) in [5.41, 5.74) is 8.30. The number of imidazole rings is 1. The van der Waals surface area contributed by atoms with Gasteiger partial charge >= 0.3 is 0 Å². The first-order valence-electron chi connectivity index (χ1n) is 9.82. The lowest BCUT2D eigenvalue weighted by atomic mass is 9.83. The number of rotatable bonds is 7. The SMILES string of the molecule is CCCO[C@@H]1C[C@@H](C(=O)NCc2ccc(-n3ccnc3C)cc2)CC[C@H]1N.Cl.Cl. The molecule has 1 saturated carbocycles. The smallest absolute Gasteiger partial charge is 0.223 e. The molecule has 0 saturated heterocycles. The number of nitrogens with two attached hydrogens (primary N) is 1. The lowest BCUT2D eigenvalue weighted by Crippen LogP contribution is -2.45. The first-order chi connectivity index (χ1) is 13.1. The van der Waals surface area contributed by atoms with Crippen LogP contribution in [0.15, 0.2) is 36.7 Å². The molecule has 1 aromatic heterocycles. The van der Waals surface area contributed by atoms with Crippen LogP contribution in [0.25, 0.3) is 5.69 Å². The highest BCUT2D eigenvalue weighted by molar-refractivity contribution is 5.85. The minimum Gasteiger partial charge on any atom is -0.377 e. The van der Waals surface area contributed by atoms with E-state index >= 15 is 0 Å². The first kappa shape index (κ1) is 25.4. The quantitative estimate of drug-likeness (QED) is 0.686. The fourth-order valence-corrected chi connectivity index (χ4v) is 3.61. The highest BCUT2D eigenvalue weighted by atomic mass is 35.5. The third kappa shape index (κ3) is 6.71. The van der Waals surface area contributed by atoms with Crippen LogP contribution >= 0.6 is 24.8 Å². The Bertz CT molecular complexity index is 751. The van der Waals surface area contributed by atoms with Crippen molar-refractivity contribution in [3.63, 3.8) is 0 Å². The zero-order valence-electron chi connectivity index (χ0n) is 17.0.